The van der Waals surface area contributed by atoms with Crippen molar-refractivity contribution in [1.29, 1.82) is 0 Å². The van der Waals surface area contributed by atoms with Crippen molar-refractivity contribution in [1.82, 2.24) is 9.88 Å². The average Bonchev–Trinajstić information content (AvgIpc) is 3.52. The van der Waals surface area contributed by atoms with Crippen LogP contribution in [0, 0.1) is 5.41 Å². The van der Waals surface area contributed by atoms with Crippen molar-refractivity contribution >= 4 is 28.3 Å². The van der Waals surface area contributed by atoms with Crippen molar-refractivity contribution in [2.75, 3.05) is 11.9 Å². The van der Waals surface area contributed by atoms with Gasteiger partial charge in [0.15, 0.2) is 5.13 Å². The molecule has 0 fully saturated rings. The van der Waals surface area contributed by atoms with Gasteiger partial charge in [-0.05, 0) is 60.2 Å². The minimum Gasteiger partial charge on any atom is -0.335 e. The summed E-state index contributed by atoms with van der Waals surface area (Å²) in [7, 11) is 0. The van der Waals surface area contributed by atoms with Gasteiger partial charge in [0.2, 0.25) is 5.91 Å². The lowest BCUT2D eigenvalue weighted by molar-refractivity contribution is -0.126. The Bertz CT molecular complexity index is 1780. The van der Waals surface area contributed by atoms with Crippen LogP contribution in [0.15, 0.2) is 109 Å². The van der Waals surface area contributed by atoms with Crippen LogP contribution in [0.1, 0.15) is 70.3 Å². The van der Waals surface area contributed by atoms with Crippen LogP contribution in [0.4, 0.5) is 5.13 Å². The second-order valence-corrected chi connectivity index (χ2v) is 12.6. The number of hydrogen-bond acceptors (Lipinski definition) is 4. The summed E-state index contributed by atoms with van der Waals surface area (Å²) in [5, 5.41) is 5.69. The molecule has 1 unspecified atom stereocenters. The summed E-state index contributed by atoms with van der Waals surface area (Å²) < 4.78 is 0. The predicted octanol–water partition coefficient (Wildman–Crippen LogP) is 8.10. The Hall–Kier alpha value is -4.55. The third-order valence-electron chi connectivity index (χ3n) is 9.16. The van der Waals surface area contributed by atoms with Crippen LogP contribution in [0.2, 0.25) is 0 Å². The molecule has 4 aromatic carbocycles. The van der Waals surface area contributed by atoms with Crippen LogP contribution in [-0.4, -0.2) is 28.2 Å². The standard InChI is InChI=1S/C37H33N3O2S/c1-3-40(22-24-12-5-4-6-13-24)34(41)26-15-11-14-25(20-26)32-23-43-36(38-32)39-35(42)37(2)21-31-27-16-7-9-18-29(27)33(37)30-19-10-8-17-28(30)31/h4-20,23,31,33H,3,21-22H2,1-2H3,(H,38,39,42). The quantitative estimate of drug-likeness (QED) is 0.211. The number of rotatable bonds is 7. The maximum absolute atomic E-state index is 14.1. The molecular weight excluding hydrogens is 550 g/mol. The number of hydrogen-bond donors (Lipinski definition) is 1. The first-order chi connectivity index (χ1) is 21.0. The fourth-order valence-corrected chi connectivity index (χ4v) is 7.73. The Morgan fingerprint density at radius 3 is 2.21 bits per heavy atom. The van der Waals surface area contributed by atoms with E-state index in [4.69, 9.17) is 4.98 Å². The summed E-state index contributed by atoms with van der Waals surface area (Å²) in [5.41, 5.74) is 7.90. The van der Waals surface area contributed by atoms with Crippen molar-refractivity contribution in [2.24, 2.45) is 5.41 Å². The molecule has 43 heavy (non-hydrogen) atoms. The smallest absolute Gasteiger partial charge is 0.254 e. The maximum Gasteiger partial charge on any atom is 0.254 e. The van der Waals surface area contributed by atoms with E-state index in [9.17, 15) is 9.59 Å². The number of benzene rings is 4. The monoisotopic (exact) mass is 583 g/mol. The van der Waals surface area contributed by atoms with E-state index in [0.717, 1.165) is 23.2 Å². The molecule has 6 heteroatoms. The normalized spacial score (nSPS) is 19.8. The fraction of sp³-hybridized carbons (Fsp3) is 0.216. The van der Waals surface area contributed by atoms with Crippen molar-refractivity contribution in [3.8, 4) is 11.3 Å². The number of fused-ring (bicyclic) bond motifs is 1. The van der Waals surface area contributed by atoms with Crippen LogP contribution >= 0.6 is 11.3 Å². The lowest BCUT2D eigenvalue weighted by Crippen LogP contribution is -2.47. The zero-order chi connectivity index (χ0) is 29.6. The highest BCUT2D eigenvalue weighted by Crippen LogP contribution is 2.61. The number of aromatic nitrogens is 1. The molecule has 5 aromatic rings. The fourth-order valence-electron chi connectivity index (χ4n) is 7.02. The number of amides is 2. The SMILES string of the molecule is CCN(Cc1ccccc1)C(=O)c1cccc(-c2csc(NC(=O)C3(C)CC4c5ccccc5C3c3ccccc34)n2)c1. The van der Waals surface area contributed by atoms with E-state index in [1.807, 2.05) is 71.8 Å². The summed E-state index contributed by atoms with van der Waals surface area (Å²) in [4.78, 5) is 34.1. The molecule has 1 heterocycles. The largest absolute Gasteiger partial charge is 0.335 e. The van der Waals surface area contributed by atoms with Crippen LogP contribution in [0.5, 0.6) is 0 Å². The second-order valence-electron chi connectivity index (χ2n) is 11.7. The molecule has 0 saturated carbocycles. The van der Waals surface area contributed by atoms with E-state index < -0.39 is 5.41 Å². The van der Waals surface area contributed by atoms with Gasteiger partial charge in [-0.1, -0.05) is 91.0 Å². The van der Waals surface area contributed by atoms with Crippen LogP contribution in [0.25, 0.3) is 11.3 Å². The molecule has 1 atom stereocenters. The van der Waals surface area contributed by atoms with E-state index in [1.165, 1.54) is 33.6 Å². The Balaban J connectivity index is 1.11. The van der Waals surface area contributed by atoms with Gasteiger partial charge in [0.1, 0.15) is 0 Å². The molecule has 0 saturated heterocycles. The Morgan fingerprint density at radius 1 is 0.884 bits per heavy atom. The minimum atomic E-state index is -0.603. The van der Waals surface area contributed by atoms with Gasteiger partial charge in [-0.2, -0.15) is 0 Å². The molecular formula is C37H33N3O2S. The number of thiazole rings is 1. The third kappa shape index (κ3) is 4.76. The molecule has 214 valence electrons. The molecule has 0 aliphatic heterocycles. The first kappa shape index (κ1) is 27.3. The van der Waals surface area contributed by atoms with Gasteiger partial charge in [-0.25, -0.2) is 4.98 Å². The van der Waals surface area contributed by atoms with E-state index >= 15 is 0 Å². The van der Waals surface area contributed by atoms with E-state index in [2.05, 4.69) is 60.8 Å². The van der Waals surface area contributed by atoms with Gasteiger partial charge in [-0.15, -0.1) is 11.3 Å². The summed E-state index contributed by atoms with van der Waals surface area (Å²) >= 11 is 1.42. The summed E-state index contributed by atoms with van der Waals surface area (Å²) in [6.07, 6.45) is 0.761. The molecule has 1 N–H and O–H groups in total. The number of carbonyl (C=O) groups is 2. The number of nitrogens with zero attached hydrogens (tertiary/aromatic N) is 2. The molecule has 1 aromatic heterocycles. The summed E-state index contributed by atoms with van der Waals surface area (Å²) in [5.74, 6) is 0.169. The first-order valence-electron chi connectivity index (χ1n) is 14.8. The van der Waals surface area contributed by atoms with Gasteiger partial charge < -0.3 is 10.2 Å². The van der Waals surface area contributed by atoms with Crippen molar-refractivity contribution in [3.63, 3.8) is 0 Å². The molecule has 0 radical (unpaired) electrons. The maximum atomic E-state index is 14.1. The van der Waals surface area contributed by atoms with Crippen molar-refractivity contribution in [3.05, 3.63) is 142 Å². The Labute approximate surface area is 256 Å². The molecule has 0 spiro atoms. The van der Waals surface area contributed by atoms with Crippen LogP contribution in [0.3, 0.4) is 0 Å². The Morgan fingerprint density at radius 2 is 1.53 bits per heavy atom. The molecule has 8 rings (SSSR count). The predicted molar refractivity (Wildman–Crippen MR) is 172 cm³/mol. The van der Waals surface area contributed by atoms with Crippen LogP contribution < -0.4 is 5.32 Å². The average molecular weight is 584 g/mol. The summed E-state index contributed by atoms with van der Waals surface area (Å²) in [6, 6.07) is 34.8. The van der Waals surface area contributed by atoms with Gasteiger partial charge in [0.05, 0.1) is 11.1 Å². The zero-order valence-electron chi connectivity index (χ0n) is 24.3. The third-order valence-corrected chi connectivity index (χ3v) is 9.92. The Kier molecular flexibility index (Phi) is 6.94. The van der Waals surface area contributed by atoms with Gasteiger partial charge in [0, 0.05) is 41.4 Å². The van der Waals surface area contributed by atoms with Crippen molar-refractivity contribution in [2.45, 2.75) is 38.6 Å². The highest BCUT2D eigenvalue weighted by Gasteiger charge is 2.54. The highest BCUT2D eigenvalue weighted by molar-refractivity contribution is 7.14. The van der Waals surface area contributed by atoms with Gasteiger partial charge >= 0.3 is 0 Å². The van der Waals surface area contributed by atoms with E-state index in [-0.39, 0.29) is 23.7 Å². The van der Waals surface area contributed by atoms with Crippen molar-refractivity contribution < 1.29 is 9.59 Å². The molecule has 3 aliphatic carbocycles. The number of anilines is 1. The minimum absolute atomic E-state index is 0.00386. The van der Waals surface area contributed by atoms with E-state index in [0.29, 0.717) is 23.8 Å². The number of nitrogens with one attached hydrogen (secondary N) is 1. The van der Waals surface area contributed by atoms with Gasteiger partial charge in [-0.3, -0.25) is 9.59 Å². The molecule has 2 amide bonds. The lowest BCUT2D eigenvalue weighted by Gasteiger charge is -2.50. The summed E-state index contributed by atoms with van der Waals surface area (Å²) in [6.45, 7) is 5.27. The molecule has 5 nitrogen and oxygen atoms in total. The molecule has 2 bridgehead atoms. The number of carbonyl (C=O) groups excluding carboxylic acids is 2. The topological polar surface area (TPSA) is 62.3 Å². The first-order valence-corrected chi connectivity index (χ1v) is 15.7. The molecule has 3 aliphatic rings. The van der Waals surface area contributed by atoms with Crippen LogP contribution in [-0.2, 0) is 11.3 Å². The van der Waals surface area contributed by atoms with E-state index in [1.54, 1.807) is 0 Å². The van der Waals surface area contributed by atoms with Gasteiger partial charge in [0.25, 0.3) is 5.91 Å². The highest BCUT2D eigenvalue weighted by atomic mass is 32.1. The lowest BCUT2D eigenvalue weighted by atomic mass is 9.52. The second kappa shape index (κ2) is 10.9. The zero-order valence-corrected chi connectivity index (χ0v) is 25.1.